The normalized spacial score (nSPS) is 13.6. The van der Waals surface area contributed by atoms with Gasteiger partial charge in [0.2, 0.25) is 0 Å². The third kappa shape index (κ3) is 39.4. The number of carbonyl (C=O) groups excluding carboxylic acids is 3. The van der Waals surface area contributed by atoms with Crippen LogP contribution in [0.2, 0.25) is 0 Å². The number of carbonyl (C=O) groups is 3. The molecule has 0 aromatic carbocycles. The Kier molecular flexibility index (Phi) is 34.2. The fourth-order valence-corrected chi connectivity index (χ4v) is 4.78. The lowest BCUT2D eigenvalue weighted by molar-refractivity contribution is -0.161. The lowest BCUT2D eigenvalue weighted by Crippen LogP contribution is -2.29. The summed E-state index contributed by atoms with van der Waals surface area (Å²) >= 11 is 0. The minimum Gasteiger partial charge on any atom is -0.462 e. The maximum absolute atomic E-state index is 12.3. The van der Waals surface area contributed by atoms with Crippen molar-refractivity contribution in [3.63, 3.8) is 0 Å². The molecular weight excluding hydrogens is 691 g/mol. The molecule has 0 aliphatic rings. The van der Waals surface area contributed by atoms with E-state index in [1.165, 1.54) is 25.3 Å². The van der Waals surface area contributed by atoms with Crippen LogP contribution in [0.4, 0.5) is 0 Å². The molecule has 0 rings (SSSR count). The molecule has 296 valence electrons. The van der Waals surface area contributed by atoms with Gasteiger partial charge in [0.15, 0.2) is 11.9 Å². The molecule has 2 N–H and O–H groups in total. The van der Waals surface area contributed by atoms with Crippen LogP contribution in [0, 0.1) is 0 Å². The minimum absolute atomic E-state index is 0.0411. The van der Waals surface area contributed by atoms with E-state index in [2.05, 4.69) is 91.3 Å². The molecule has 0 saturated carbocycles. The highest BCUT2D eigenvalue weighted by Crippen LogP contribution is 2.35. The van der Waals surface area contributed by atoms with Gasteiger partial charge in [-0.3, -0.25) is 18.9 Å². The molecule has 0 aliphatic carbocycles. The van der Waals surface area contributed by atoms with E-state index in [9.17, 15) is 18.9 Å². The summed E-state index contributed by atoms with van der Waals surface area (Å²) in [4.78, 5) is 54.8. The molecule has 0 aromatic heterocycles. The first kappa shape index (κ1) is 49.4. The molecule has 0 saturated heterocycles. The standard InChI is InChI=1S/C43H65O9P/c1-3-5-7-9-11-13-15-17-18-19-20-22-24-26-28-30-32-36-43(46)52-41(39-51-53(47,48)49)38-50-42(45)37-33-35-40(44)34-31-29-27-25-23-21-16-14-12-10-8-6-4-2/h5,7,11-14,17-18,20-23,26-29,31,34,41H,3-4,6,8-10,15-16,19,24-25,30,32-33,35-39H2,1-2H3,(H2,47,48,49)/b7-5-,13-11-,14-12-,18-17-,22-20-,23-21-,28-26-,29-27-,34-31+/t41-/m1/s1. The number of ketones is 1. The molecule has 0 aliphatic heterocycles. The van der Waals surface area contributed by atoms with Crippen LogP contribution in [-0.4, -0.2) is 46.8 Å². The number of ether oxygens (including phenoxy) is 2. The molecule has 0 radical (unpaired) electrons. The Labute approximate surface area is 319 Å². The minimum atomic E-state index is -4.83. The molecule has 0 aromatic rings. The van der Waals surface area contributed by atoms with Gasteiger partial charge in [0.1, 0.15) is 6.61 Å². The summed E-state index contributed by atoms with van der Waals surface area (Å²) in [5, 5.41) is 0. The first-order valence-corrected chi connectivity index (χ1v) is 20.7. The molecule has 0 unspecified atom stereocenters. The van der Waals surface area contributed by atoms with E-state index in [1.807, 2.05) is 24.3 Å². The number of phosphoric ester groups is 1. The number of esters is 2. The van der Waals surface area contributed by atoms with E-state index < -0.39 is 39.1 Å². The van der Waals surface area contributed by atoms with Gasteiger partial charge >= 0.3 is 19.8 Å². The zero-order chi connectivity index (χ0) is 39.1. The zero-order valence-electron chi connectivity index (χ0n) is 32.1. The number of rotatable bonds is 33. The van der Waals surface area contributed by atoms with Gasteiger partial charge in [-0.2, -0.15) is 0 Å². The van der Waals surface area contributed by atoms with Crippen molar-refractivity contribution in [2.24, 2.45) is 0 Å². The van der Waals surface area contributed by atoms with Crippen LogP contribution in [0.25, 0.3) is 0 Å². The first-order valence-electron chi connectivity index (χ1n) is 19.1. The maximum Gasteiger partial charge on any atom is 0.469 e. The van der Waals surface area contributed by atoms with Gasteiger partial charge in [-0.1, -0.05) is 130 Å². The SMILES string of the molecule is CC/C=C\C/C=C\C/C=C\C/C=C\C/C=C\CCCC(=O)O[C@H](COC(=O)CCCC(=O)/C=C/C=C\C/C=C\C/C=C\CCCCC)COP(=O)(O)O. The average molecular weight is 757 g/mol. The highest BCUT2D eigenvalue weighted by atomic mass is 31.2. The fourth-order valence-electron chi connectivity index (χ4n) is 4.42. The Balaban J connectivity index is 4.30. The smallest absolute Gasteiger partial charge is 0.462 e. The highest BCUT2D eigenvalue weighted by molar-refractivity contribution is 7.46. The number of unbranched alkanes of at least 4 members (excludes halogenated alkanes) is 4. The second kappa shape index (κ2) is 36.7. The molecule has 0 fully saturated rings. The van der Waals surface area contributed by atoms with Crippen LogP contribution in [-0.2, 0) is 32.9 Å². The molecule has 9 nitrogen and oxygen atoms in total. The number of allylic oxidation sites excluding steroid dienone is 18. The summed E-state index contributed by atoms with van der Waals surface area (Å²) < 4.78 is 26.1. The molecule has 0 spiro atoms. The van der Waals surface area contributed by atoms with Crippen molar-refractivity contribution in [1.82, 2.24) is 0 Å². The summed E-state index contributed by atoms with van der Waals surface area (Å²) in [6.45, 7) is 3.25. The summed E-state index contributed by atoms with van der Waals surface area (Å²) in [6.07, 6.45) is 48.2. The maximum atomic E-state index is 12.3. The average Bonchev–Trinajstić information content (AvgIpc) is 3.12. The van der Waals surface area contributed by atoms with Gasteiger partial charge in [-0.25, -0.2) is 4.57 Å². The third-order valence-corrected chi connectivity index (χ3v) is 7.74. The lowest BCUT2D eigenvalue weighted by Gasteiger charge is -2.18. The van der Waals surface area contributed by atoms with Gasteiger partial charge in [0, 0.05) is 19.3 Å². The van der Waals surface area contributed by atoms with E-state index >= 15 is 0 Å². The van der Waals surface area contributed by atoms with Gasteiger partial charge in [0.05, 0.1) is 6.61 Å². The Morgan fingerprint density at radius 2 is 1.08 bits per heavy atom. The van der Waals surface area contributed by atoms with E-state index in [-0.39, 0.29) is 31.5 Å². The van der Waals surface area contributed by atoms with E-state index in [4.69, 9.17) is 19.3 Å². The Hall–Kier alpha value is -3.62. The summed E-state index contributed by atoms with van der Waals surface area (Å²) in [7, 11) is -4.83. The second-order valence-corrected chi connectivity index (χ2v) is 13.4. The quantitative estimate of drug-likeness (QED) is 0.0167. The van der Waals surface area contributed by atoms with Gasteiger partial charge in [-0.15, -0.1) is 0 Å². The zero-order valence-corrected chi connectivity index (χ0v) is 33.0. The van der Waals surface area contributed by atoms with Crippen molar-refractivity contribution in [3.8, 4) is 0 Å². The van der Waals surface area contributed by atoms with Crippen LogP contribution in [0.15, 0.2) is 109 Å². The van der Waals surface area contributed by atoms with Crippen molar-refractivity contribution in [2.45, 2.75) is 129 Å². The number of phosphoric acid groups is 1. The van der Waals surface area contributed by atoms with Gasteiger partial charge in [0.25, 0.3) is 0 Å². The predicted molar refractivity (Wildman–Crippen MR) is 216 cm³/mol. The molecule has 53 heavy (non-hydrogen) atoms. The van der Waals surface area contributed by atoms with Crippen LogP contribution >= 0.6 is 7.82 Å². The lowest BCUT2D eigenvalue weighted by atomic mass is 10.1. The second-order valence-electron chi connectivity index (χ2n) is 12.2. The summed E-state index contributed by atoms with van der Waals surface area (Å²) in [6, 6.07) is 0. The first-order chi connectivity index (χ1) is 25.7. The van der Waals surface area contributed by atoms with Crippen molar-refractivity contribution < 1.29 is 42.7 Å². The molecule has 0 amide bonds. The van der Waals surface area contributed by atoms with Crippen molar-refractivity contribution >= 4 is 25.5 Å². The van der Waals surface area contributed by atoms with E-state index in [1.54, 1.807) is 6.08 Å². The molecule has 10 heteroatoms. The topological polar surface area (TPSA) is 136 Å². The van der Waals surface area contributed by atoms with Crippen LogP contribution in [0.1, 0.15) is 123 Å². The van der Waals surface area contributed by atoms with Gasteiger partial charge in [-0.05, 0) is 83.1 Å². The molecule has 0 bridgehead atoms. The Morgan fingerprint density at radius 3 is 1.62 bits per heavy atom. The fraction of sp³-hybridized carbons (Fsp3) is 0.512. The van der Waals surface area contributed by atoms with Crippen LogP contribution in [0.3, 0.4) is 0 Å². The molecular formula is C43H65O9P. The Bertz CT molecular complexity index is 1280. The third-order valence-electron chi connectivity index (χ3n) is 7.25. The number of hydrogen-bond donors (Lipinski definition) is 2. The van der Waals surface area contributed by atoms with E-state index in [0.717, 1.165) is 51.4 Å². The predicted octanol–water partition coefficient (Wildman–Crippen LogP) is 10.8. The van der Waals surface area contributed by atoms with Crippen molar-refractivity contribution in [2.75, 3.05) is 13.2 Å². The van der Waals surface area contributed by atoms with Gasteiger partial charge < -0.3 is 19.3 Å². The Morgan fingerprint density at radius 1 is 0.566 bits per heavy atom. The largest absolute Gasteiger partial charge is 0.469 e. The van der Waals surface area contributed by atoms with Crippen LogP contribution < -0.4 is 0 Å². The van der Waals surface area contributed by atoms with Crippen LogP contribution in [0.5, 0.6) is 0 Å². The van der Waals surface area contributed by atoms with Crippen molar-refractivity contribution in [1.29, 1.82) is 0 Å². The molecule has 1 atom stereocenters. The summed E-state index contributed by atoms with van der Waals surface area (Å²) in [5.41, 5.74) is 0. The molecule has 0 heterocycles. The highest BCUT2D eigenvalue weighted by Gasteiger charge is 2.22. The monoisotopic (exact) mass is 756 g/mol. The summed E-state index contributed by atoms with van der Waals surface area (Å²) in [5.74, 6) is -1.35. The van der Waals surface area contributed by atoms with Crippen molar-refractivity contribution in [3.05, 3.63) is 109 Å². The van der Waals surface area contributed by atoms with E-state index in [0.29, 0.717) is 12.8 Å². The number of hydrogen-bond acceptors (Lipinski definition) is 7.